The van der Waals surface area contributed by atoms with E-state index < -0.39 is 0 Å². The molecule has 4 nitrogen and oxygen atoms in total. The summed E-state index contributed by atoms with van der Waals surface area (Å²) in [5.74, 6) is 1.82. The summed E-state index contributed by atoms with van der Waals surface area (Å²) in [5, 5.41) is 0. The van der Waals surface area contributed by atoms with E-state index in [4.69, 9.17) is 15.2 Å². The molecule has 1 saturated heterocycles. The van der Waals surface area contributed by atoms with Crippen molar-refractivity contribution in [2.24, 2.45) is 5.73 Å². The van der Waals surface area contributed by atoms with Crippen LogP contribution in [0, 0.1) is 0 Å². The molecule has 1 spiro atoms. The Balaban J connectivity index is 1.82. The van der Waals surface area contributed by atoms with Crippen molar-refractivity contribution in [3.8, 4) is 11.5 Å². The molecule has 1 aromatic rings. The van der Waals surface area contributed by atoms with Crippen molar-refractivity contribution in [2.75, 3.05) is 32.8 Å². The molecule has 20 heavy (non-hydrogen) atoms. The molecule has 0 aliphatic carbocycles. The van der Waals surface area contributed by atoms with Crippen LogP contribution in [-0.2, 0) is 0 Å². The first-order chi connectivity index (χ1) is 9.76. The maximum Gasteiger partial charge on any atom is 0.141 e. The van der Waals surface area contributed by atoms with Crippen LogP contribution in [0.2, 0.25) is 0 Å². The van der Waals surface area contributed by atoms with Crippen molar-refractivity contribution in [3.63, 3.8) is 0 Å². The van der Waals surface area contributed by atoms with Gasteiger partial charge in [0, 0.05) is 32.6 Å². The van der Waals surface area contributed by atoms with E-state index in [1.807, 2.05) is 25.1 Å². The van der Waals surface area contributed by atoms with E-state index in [9.17, 15) is 0 Å². The van der Waals surface area contributed by atoms with Crippen LogP contribution in [0.4, 0.5) is 0 Å². The van der Waals surface area contributed by atoms with Gasteiger partial charge in [-0.1, -0.05) is 6.07 Å². The van der Waals surface area contributed by atoms with Crippen LogP contribution in [0.15, 0.2) is 24.3 Å². The molecular formula is C16H22N2O2. The molecule has 2 aliphatic heterocycles. The highest BCUT2D eigenvalue weighted by Gasteiger charge is 2.40. The third kappa shape index (κ3) is 2.41. The van der Waals surface area contributed by atoms with Gasteiger partial charge in [0.05, 0.1) is 12.2 Å². The minimum Gasteiger partial charge on any atom is -0.493 e. The van der Waals surface area contributed by atoms with Gasteiger partial charge in [-0.05, 0) is 31.2 Å². The average Bonchev–Trinajstić information content (AvgIpc) is 2.82. The standard InChI is InChI=1S/C16H22N2O2/c1-2-19-14-4-3-5-15-13(14)6-7-16(20-15)8-10-18(12-16)11-9-17/h3-7H,2,8-12,17H2,1H3. The predicted octanol–water partition coefficient (Wildman–Crippen LogP) is 1.89. The molecule has 0 radical (unpaired) electrons. The Hall–Kier alpha value is -1.52. The van der Waals surface area contributed by atoms with Gasteiger partial charge in [-0.25, -0.2) is 0 Å². The molecule has 0 amide bonds. The van der Waals surface area contributed by atoms with Gasteiger partial charge in [0.25, 0.3) is 0 Å². The zero-order valence-electron chi connectivity index (χ0n) is 12.0. The molecule has 1 aromatic carbocycles. The third-order valence-corrected chi connectivity index (χ3v) is 3.98. The molecule has 4 heteroatoms. The highest BCUT2D eigenvalue weighted by molar-refractivity contribution is 5.67. The topological polar surface area (TPSA) is 47.7 Å². The average molecular weight is 274 g/mol. The number of nitrogens with zero attached hydrogens (tertiary/aromatic N) is 1. The fourth-order valence-electron chi connectivity index (χ4n) is 3.02. The molecule has 3 rings (SSSR count). The lowest BCUT2D eigenvalue weighted by molar-refractivity contribution is 0.123. The largest absolute Gasteiger partial charge is 0.493 e. The molecule has 1 fully saturated rings. The summed E-state index contributed by atoms with van der Waals surface area (Å²) in [7, 11) is 0. The van der Waals surface area contributed by atoms with Crippen molar-refractivity contribution in [1.29, 1.82) is 0 Å². The number of rotatable bonds is 4. The third-order valence-electron chi connectivity index (χ3n) is 3.98. The summed E-state index contributed by atoms with van der Waals surface area (Å²) in [6.45, 7) is 6.26. The van der Waals surface area contributed by atoms with Gasteiger partial charge in [-0.3, -0.25) is 4.90 Å². The molecule has 0 saturated carbocycles. The van der Waals surface area contributed by atoms with E-state index in [-0.39, 0.29) is 5.60 Å². The molecule has 2 aliphatic rings. The monoisotopic (exact) mass is 274 g/mol. The molecule has 2 N–H and O–H groups in total. The molecule has 2 heterocycles. The van der Waals surface area contributed by atoms with Gasteiger partial charge >= 0.3 is 0 Å². The summed E-state index contributed by atoms with van der Waals surface area (Å²) in [5.41, 5.74) is 6.50. The first-order valence-corrected chi connectivity index (χ1v) is 7.33. The summed E-state index contributed by atoms with van der Waals surface area (Å²) < 4.78 is 12.0. The summed E-state index contributed by atoms with van der Waals surface area (Å²) >= 11 is 0. The first-order valence-electron chi connectivity index (χ1n) is 7.33. The fourth-order valence-corrected chi connectivity index (χ4v) is 3.02. The predicted molar refractivity (Wildman–Crippen MR) is 80.1 cm³/mol. The number of hydrogen-bond donors (Lipinski definition) is 1. The molecule has 0 bridgehead atoms. The maximum absolute atomic E-state index is 6.29. The number of benzene rings is 1. The van der Waals surface area contributed by atoms with Gasteiger partial charge in [-0.15, -0.1) is 0 Å². The Morgan fingerprint density at radius 3 is 3.15 bits per heavy atom. The van der Waals surface area contributed by atoms with Gasteiger partial charge in [0.2, 0.25) is 0 Å². The molecule has 108 valence electrons. The second-order valence-electron chi connectivity index (χ2n) is 5.42. The van der Waals surface area contributed by atoms with E-state index in [2.05, 4.69) is 17.1 Å². The number of likely N-dealkylation sites (tertiary alicyclic amines) is 1. The minimum absolute atomic E-state index is 0.187. The lowest BCUT2D eigenvalue weighted by atomic mass is 9.97. The van der Waals surface area contributed by atoms with Crippen molar-refractivity contribution in [3.05, 3.63) is 29.8 Å². The van der Waals surface area contributed by atoms with Crippen molar-refractivity contribution in [2.45, 2.75) is 18.9 Å². The van der Waals surface area contributed by atoms with Crippen LogP contribution < -0.4 is 15.2 Å². The zero-order chi connectivity index (χ0) is 14.0. The normalized spacial score (nSPS) is 24.7. The number of fused-ring (bicyclic) bond motifs is 1. The van der Waals surface area contributed by atoms with Crippen molar-refractivity contribution in [1.82, 2.24) is 4.90 Å². The molecule has 1 unspecified atom stereocenters. The SMILES string of the molecule is CCOc1cccc2c1C=CC1(CCN(CCN)C1)O2. The minimum atomic E-state index is -0.187. The van der Waals surface area contributed by atoms with Crippen LogP contribution in [0.1, 0.15) is 18.9 Å². The lowest BCUT2D eigenvalue weighted by Gasteiger charge is -2.32. The van der Waals surface area contributed by atoms with Crippen LogP contribution in [0.25, 0.3) is 6.08 Å². The van der Waals surface area contributed by atoms with E-state index in [0.29, 0.717) is 13.2 Å². The quantitative estimate of drug-likeness (QED) is 0.911. The Labute approximate surface area is 120 Å². The summed E-state index contributed by atoms with van der Waals surface area (Å²) in [6.07, 6.45) is 5.35. The van der Waals surface area contributed by atoms with E-state index in [1.54, 1.807) is 0 Å². The van der Waals surface area contributed by atoms with Crippen molar-refractivity contribution >= 4 is 6.08 Å². The smallest absolute Gasteiger partial charge is 0.141 e. The highest BCUT2D eigenvalue weighted by atomic mass is 16.5. The highest BCUT2D eigenvalue weighted by Crippen LogP contribution is 2.40. The first kappa shape index (κ1) is 13.5. The Bertz CT molecular complexity index is 515. The zero-order valence-corrected chi connectivity index (χ0v) is 12.0. The van der Waals surface area contributed by atoms with Gasteiger partial charge in [-0.2, -0.15) is 0 Å². The van der Waals surface area contributed by atoms with Crippen molar-refractivity contribution < 1.29 is 9.47 Å². The van der Waals surface area contributed by atoms with Gasteiger partial charge in [0.1, 0.15) is 17.1 Å². The number of nitrogens with two attached hydrogens (primary N) is 1. The van der Waals surface area contributed by atoms with E-state index >= 15 is 0 Å². The Morgan fingerprint density at radius 1 is 1.45 bits per heavy atom. The summed E-state index contributed by atoms with van der Waals surface area (Å²) in [6, 6.07) is 6.00. The Kier molecular flexibility index (Phi) is 3.68. The second-order valence-corrected chi connectivity index (χ2v) is 5.42. The lowest BCUT2D eigenvalue weighted by Crippen LogP contribution is -2.39. The van der Waals surface area contributed by atoms with Gasteiger partial charge in [0.15, 0.2) is 0 Å². The fraction of sp³-hybridized carbons (Fsp3) is 0.500. The van der Waals surface area contributed by atoms with E-state index in [0.717, 1.165) is 43.1 Å². The summed E-state index contributed by atoms with van der Waals surface area (Å²) in [4.78, 5) is 2.36. The van der Waals surface area contributed by atoms with Crippen LogP contribution in [0.3, 0.4) is 0 Å². The van der Waals surface area contributed by atoms with Crippen LogP contribution in [0.5, 0.6) is 11.5 Å². The van der Waals surface area contributed by atoms with Crippen LogP contribution in [-0.4, -0.2) is 43.3 Å². The number of ether oxygens (including phenoxy) is 2. The maximum atomic E-state index is 6.29. The molecule has 0 aromatic heterocycles. The second kappa shape index (κ2) is 5.46. The molecular weight excluding hydrogens is 252 g/mol. The van der Waals surface area contributed by atoms with E-state index in [1.165, 1.54) is 0 Å². The molecule has 1 atom stereocenters. The van der Waals surface area contributed by atoms with Crippen LogP contribution >= 0.6 is 0 Å². The Morgan fingerprint density at radius 2 is 2.35 bits per heavy atom. The number of hydrogen-bond acceptors (Lipinski definition) is 4. The van der Waals surface area contributed by atoms with Gasteiger partial charge < -0.3 is 15.2 Å².